The maximum atomic E-state index is 11.1. The number of rotatable bonds is 4. The Balaban J connectivity index is 4.40. The molecule has 0 aliphatic rings. The number of nitrogens with one attached hydrogen (secondary N) is 2. The number of carbonyl (C=O) groups is 1. The van der Waals surface area contributed by atoms with Gasteiger partial charge in [-0.25, -0.2) is 5.43 Å². The zero-order valence-corrected chi connectivity index (χ0v) is 7.00. The second kappa shape index (κ2) is 6.18. The van der Waals surface area contributed by atoms with Crippen molar-refractivity contribution >= 4 is 5.91 Å². The summed E-state index contributed by atoms with van der Waals surface area (Å²) in [6.45, 7) is 3.47. The van der Waals surface area contributed by atoms with Crippen LogP contribution < -0.4 is 16.6 Å². The lowest BCUT2D eigenvalue weighted by molar-refractivity contribution is -0.117. The van der Waals surface area contributed by atoms with E-state index in [0.29, 0.717) is 5.57 Å². The Kier molecular flexibility index (Phi) is 5.38. The lowest BCUT2D eigenvalue weighted by Crippen LogP contribution is -2.34. The summed E-state index contributed by atoms with van der Waals surface area (Å²) in [7, 11) is 1.61. The van der Waals surface area contributed by atoms with Crippen LogP contribution in [0.5, 0.6) is 0 Å². The molecule has 1 amide bonds. The molecule has 0 saturated carbocycles. The van der Waals surface area contributed by atoms with Crippen molar-refractivity contribution < 1.29 is 4.79 Å². The van der Waals surface area contributed by atoms with Crippen molar-refractivity contribution in [3.05, 3.63) is 36.6 Å². The highest BCUT2D eigenvalue weighted by atomic mass is 16.2. The zero-order valence-electron chi connectivity index (χ0n) is 7.00. The van der Waals surface area contributed by atoms with Gasteiger partial charge in [-0.2, -0.15) is 0 Å². The molecule has 0 aromatic carbocycles. The molecule has 0 rings (SSSR count). The first kappa shape index (κ1) is 10.4. The molecule has 0 heterocycles. The quantitative estimate of drug-likeness (QED) is 0.309. The van der Waals surface area contributed by atoms with Crippen molar-refractivity contribution in [3.8, 4) is 0 Å². The van der Waals surface area contributed by atoms with Gasteiger partial charge in [-0.05, 0) is 18.4 Å². The monoisotopic (exact) mass is 167 g/mol. The molecule has 4 nitrogen and oxygen atoms in total. The van der Waals surface area contributed by atoms with E-state index in [0.717, 1.165) is 0 Å². The van der Waals surface area contributed by atoms with Crippen molar-refractivity contribution in [3.63, 3.8) is 0 Å². The van der Waals surface area contributed by atoms with Crippen molar-refractivity contribution in [1.82, 2.24) is 10.9 Å². The van der Waals surface area contributed by atoms with Crippen LogP contribution in [0, 0.1) is 0 Å². The third-order valence-electron chi connectivity index (χ3n) is 1.07. The molecule has 0 spiro atoms. The van der Waals surface area contributed by atoms with Gasteiger partial charge in [-0.3, -0.25) is 10.2 Å². The second-order valence-electron chi connectivity index (χ2n) is 1.92. The molecule has 12 heavy (non-hydrogen) atoms. The van der Waals surface area contributed by atoms with Crippen LogP contribution in [0.4, 0.5) is 0 Å². The zero-order chi connectivity index (χ0) is 9.40. The summed E-state index contributed by atoms with van der Waals surface area (Å²) in [6, 6.07) is 0. The maximum absolute atomic E-state index is 11.1. The Morgan fingerprint density at radius 1 is 1.58 bits per heavy atom. The van der Waals surface area contributed by atoms with Gasteiger partial charge in [0.15, 0.2) is 0 Å². The first-order chi connectivity index (χ1) is 5.76. The fraction of sp³-hybridized carbons (Fsp3) is 0.125. The summed E-state index contributed by atoms with van der Waals surface area (Å²) in [5.74, 6) is -0.251. The molecule has 0 unspecified atom stereocenters. The fourth-order valence-electron chi connectivity index (χ4n) is 0.623. The van der Waals surface area contributed by atoms with Crippen LogP contribution in [0.3, 0.4) is 0 Å². The van der Waals surface area contributed by atoms with Crippen LogP contribution in [-0.2, 0) is 4.79 Å². The predicted octanol–water partition coefficient (Wildman–Crippen LogP) is -0.178. The van der Waals surface area contributed by atoms with Crippen molar-refractivity contribution in [2.24, 2.45) is 5.73 Å². The van der Waals surface area contributed by atoms with Gasteiger partial charge in [0.1, 0.15) is 0 Å². The minimum absolute atomic E-state index is 0.251. The molecule has 0 aliphatic carbocycles. The summed E-state index contributed by atoms with van der Waals surface area (Å²) in [4.78, 5) is 11.1. The van der Waals surface area contributed by atoms with Gasteiger partial charge in [0.25, 0.3) is 5.91 Å². The molecular weight excluding hydrogens is 154 g/mol. The summed E-state index contributed by atoms with van der Waals surface area (Å²) < 4.78 is 0. The van der Waals surface area contributed by atoms with Gasteiger partial charge >= 0.3 is 0 Å². The molecule has 4 N–H and O–H groups in total. The van der Waals surface area contributed by atoms with E-state index in [-0.39, 0.29) is 5.91 Å². The molecule has 0 saturated heterocycles. The number of carbonyl (C=O) groups excluding carboxylic acids is 1. The third kappa shape index (κ3) is 3.58. The van der Waals surface area contributed by atoms with Crippen LogP contribution >= 0.6 is 0 Å². The van der Waals surface area contributed by atoms with E-state index in [1.807, 2.05) is 0 Å². The van der Waals surface area contributed by atoms with E-state index >= 15 is 0 Å². The third-order valence-corrected chi connectivity index (χ3v) is 1.07. The first-order valence-electron chi connectivity index (χ1n) is 3.44. The van der Waals surface area contributed by atoms with Gasteiger partial charge < -0.3 is 5.73 Å². The van der Waals surface area contributed by atoms with Crippen molar-refractivity contribution in [2.75, 3.05) is 7.05 Å². The average molecular weight is 167 g/mol. The highest BCUT2D eigenvalue weighted by Gasteiger charge is 2.01. The molecule has 4 heteroatoms. The summed E-state index contributed by atoms with van der Waals surface area (Å²) in [5, 5.41) is 0. The number of hydrazine groups is 1. The average Bonchev–Trinajstić information content (AvgIpc) is 2.04. The van der Waals surface area contributed by atoms with Gasteiger partial charge in [0, 0.05) is 12.6 Å². The van der Waals surface area contributed by atoms with E-state index in [1.54, 1.807) is 13.1 Å². The second-order valence-corrected chi connectivity index (χ2v) is 1.92. The Morgan fingerprint density at radius 3 is 2.67 bits per heavy atom. The van der Waals surface area contributed by atoms with Crippen molar-refractivity contribution in [1.29, 1.82) is 0 Å². The van der Waals surface area contributed by atoms with Gasteiger partial charge in [0.05, 0.1) is 0 Å². The normalized spacial score (nSPS) is 11.6. The highest BCUT2D eigenvalue weighted by molar-refractivity contribution is 5.96. The SMILES string of the molecule is C=C/C=C(\C=C/N)C(=O)NNC. The Bertz CT molecular complexity index is 218. The largest absolute Gasteiger partial charge is 0.405 e. The maximum Gasteiger partial charge on any atom is 0.265 e. The molecule has 0 fully saturated rings. The van der Waals surface area contributed by atoms with Gasteiger partial charge in [-0.1, -0.05) is 12.7 Å². The van der Waals surface area contributed by atoms with Crippen LogP contribution in [0.2, 0.25) is 0 Å². The molecule has 0 radical (unpaired) electrons. The first-order valence-corrected chi connectivity index (χ1v) is 3.44. The lowest BCUT2D eigenvalue weighted by Gasteiger charge is -2.01. The molecule has 66 valence electrons. The summed E-state index contributed by atoms with van der Waals surface area (Å²) in [5.41, 5.74) is 10.5. The van der Waals surface area contributed by atoms with E-state index < -0.39 is 0 Å². The lowest BCUT2D eigenvalue weighted by atomic mass is 10.2. The van der Waals surface area contributed by atoms with Crippen LogP contribution in [-0.4, -0.2) is 13.0 Å². The molecule has 0 atom stereocenters. The molecule has 0 aliphatic heterocycles. The smallest absolute Gasteiger partial charge is 0.265 e. The number of amides is 1. The standard InChI is InChI=1S/C8H13N3O/c1-3-4-7(5-6-9)8(12)11-10-2/h3-6,10H,1,9H2,2H3,(H,11,12)/b6-5-,7-4+. The number of nitrogens with two attached hydrogens (primary N) is 1. The highest BCUT2D eigenvalue weighted by Crippen LogP contribution is 1.95. The summed E-state index contributed by atoms with van der Waals surface area (Å²) >= 11 is 0. The number of allylic oxidation sites excluding steroid dienone is 2. The van der Waals surface area contributed by atoms with Crippen LogP contribution in [0.15, 0.2) is 36.6 Å². The Morgan fingerprint density at radius 2 is 2.25 bits per heavy atom. The van der Waals surface area contributed by atoms with Crippen molar-refractivity contribution in [2.45, 2.75) is 0 Å². The Labute approximate surface area is 71.8 Å². The molecule has 0 aromatic rings. The van der Waals surface area contributed by atoms with Gasteiger partial charge in [0.2, 0.25) is 0 Å². The van der Waals surface area contributed by atoms with E-state index in [4.69, 9.17) is 5.73 Å². The Hall–Kier alpha value is -1.55. The number of hydrogen-bond donors (Lipinski definition) is 3. The van der Waals surface area contributed by atoms with E-state index in [2.05, 4.69) is 17.4 Å². The van der Waals surface area contributed by atoms with E-state index in [9.17, 15) is 4.79 Å². The van der Waals surface area contributed by atoms with Crippen LogP contribution in [0.25, 0.3) is 0 Å². The molecule has 0 bridgehead atoms. The van der Waals surface area contributed by atoms with Gasteiger partial charge in [-0.15, -0.1) is 0 Å². The fourth-order valence-corrected chi connectivity index (χ4v) is 0.623. The topological polar surface area (TPSA) is 67.2 Å². The molecule has 0 aromatic heterocycles. The van der Waals surface area contributed by atoms with E-state index in [1.165, 1.54) is 18.4 Å². The minimum atomic E-state index is -0.251. The number of hydrogen-bond acceptors (Lipinski definition) is 3. The summed E-state index contributed by atoms with van der Waals surface area (Å²) in [6.07, 6.45) is 5.87. The van der Waals surface area contributed by atoms with Crippen LogP contribution in [0.1, 0.15) is 0 Å². The molecular formula is C8H13N3O. The predicted molar refractivity (Wildman–Crippen MR) is 48.8 cm³/mol. The minimum Gasteiger partial charge on any atom is -0.405 e.